The number of thiophene rings is 1. The molecule has 11 heteroatoms. The second-order valence-electron chi connectivity index (χ2n) is 5.72. The molecule has 0 atom stereocenters. The molecule has 0 radical (unpaired) electrons. The average molecular weight is 496 g/mol. The van der Waals surface area contributed by atoms with Crippen molar-refractivity contribution < 1.29 is 26.3 Å². The normalized spacial score (nSPS) is 14.5. The summed E-state index contributed by atoms with van der Waals surface area (Å²) in [6.45, 7) is 2.41. The first-order valence-corrected chi connectivity index (χ1v) is 12.7. The molecule has 0 unspecified atom stereocenters. The Morgan fingerprint density at radius 1 is 1.04 bits per heavy atom. The molecule has 0 bridgehead atoms. The van der Waals surface area contributed by atoms with Gasteiger partial charge in [0.05, 0.1) is 8.68 Å². The van der Waals surface area contributed by atoms with E-state index in [4.69, 9.17) is 9.47 Å². The van der Waals surface area contributed by atoms with E-state index in [0.717, 1.165) is 11.3 Å². The summed E-state index contributed by atoms with van der Waals surface area (Å²) in [6.07, 6.45) is 1.06. The largest absolute Gasteiger partial charge is 0.486 e. The van der Waals surface area contributed by atoms with Crippen LogP contribution in [0.25, 0.3) is 0 Å². The minimum atomic E-state index is -4.30. The molecular weight excluding hydrogens is 478 g/mol. The third-order valence-corrected chi connectivity index (χ3v) is 10.3. The van der Waals surface area contributed by atoms with Crippen molar-refractivity contribution in [3.8, 4) is 11.5 Å². The third kappa shape index (κ3) is 4.16. The van der Waals surface area contributed by atoms with Crippen molar-refractivity contribution >= 4 is 47.3 Å². The lowest BCUT2D eigenvalue weighted by Crippen LogP contribution is -2.37. The Labute approximate surface area is 171 Å². The Hall–Kier alpha value is -1.14. The highest BCUT2D eigenvalue weighted by molar-refractivity contribution is 9.11. The second-order valence-corrected chi connectivity index (χ2v) is 12.4. The van der Waals surface area contributed by atoms with Crippen LogP contribution in [0.5, 0.6) is 11.5 Å². The number of halogens is 1. The van der Waals surface area contributed by atoms with E-state index >= 15 is 0 Å². The molecule has 1 aromatic carbocycles. The molecule has 0 fully saturated rings. The van der Waals surface area contributed by atoms with Gasteiger partial charge in [-0.1, -0.05) is 17.1 Å². The monoisotopic (exact) mass is 495 g/mol. The summed E-state index contributed by atoms with van der Waals surface area (Å²) in [5, 5.41) is 0. The number of hydrogen-bond acceptors (Lipinski definition) is 7. The molecule has 3 rings (SSSR count). The second kappa shape index (κ2) is 8.08. The summed E-state index contributed by atoms with van der Waals surface area (Å²) in [7, 11) is -8.52. The molecule has 27 heavy (non-hydrogen) atoms. The van der Waals surface area contributed by atoms with E-state index in [0.29, 0.717) is 39.3 Å². The van der Waals surface area contributed by atoms with Crippen molar-refractivity contribution in [3.05, 3.63) is 34.1 Å². The number of fused-ring (bicyclic) bond motifs is 1. The molecule has 0 saturated carbocycles. The van der Waals surface area contributed by atoms with Crippen LogP contribution in [0.2, 0.25) is 0 Å². The number of hydrogen-bond donors (Lipinski definition) is 0. The van der Waals surface area contributed by atoms with Gasteiger partial charge in [-0.05, 0) is 46.6 Å². The lowest BCUT2D eigenvalue weighted by Gasteiger charge is -2.23. The maximum Gasteiger partial charge on any atom is 0.265 e. The van der Waals surface area contributed by atoms with E-state index < -0.39 is 20.0 Å². The molecule has 0 amide bonds. The summed E-state index contributed by atoms with van der Waals surface area (Å²) in [4.78, 5) is -0.151. The van der Waals surface area contributed by atoms with E-state index in [9.17, 15) is 16.8 Å². The average Bonchev–Trinajstić information content (AvgIpc) is 3.08. The number of sulfonamides is 2. The molecule has 0 aliphatic carbocycles. The maximum atomic E-state index is 13.2. The smallest absolute Gasteiger partial charge is 0.265 e. The van der Waals surface area contributed by atoms with Crippen LogP contribution in [0.1, 0.15) is 19.8 Å². The van der Waals surface area contributed by atoms with Crippen LogP contribution in [-0.4, -0.2) is 40.3 Å². The molecule has 0 saturated heterocycles. The summed E-state index contributed by atoms with van der Waals surface area (Å²) in [6, 6.07) is 7.09. The van der Waals surface area contributed by atoms with Crippen LogP contribution in [0.4, 0.5) is 0 Å². The molecule has 7 nitrogen and oxygen atoms in total. The van der Waals surface area contributed by atoms with Gasteiger partial charge in [0.1, 0.15) is 17.4 Å². The third-order valence-electron chi connectivity index (χ3n) is 3.84. The molecule has 1 aliphatic rings. The van der Waals surface area contributed by atoms with Crippen molar-refractivity contribution in [2.45, 2.75) is 28.9 Å². The zero-order chi connectivity index (χ0) is 19.7. The Morgan fingerprint density at radius 3 is 2.37 bits per heavy atom. The molecule has 2 heterocycles. The first-order chi connectivity index (χ1) is 12.8. The molecule has 0 spiro atoms. The first kappa shape index (κ1) is 20.6. The molecule has 1 aromatic heterocycles. The van der Waals surface area contributed by atoms with E-state index in [1.165, 1.54) is 24.3 Å². The van der Waals surface area contributed by atoms with Crippen LogP contribution >= 0.6 is 27.3 Å². The van der Waals surface area contributed by atoms with Crippen molar-refractivity contribution in [1.82, 2.24) is 3.71 Å². The van der Waals surface area contributed by atoms with Gasteiger partial charge >= 0.3 is 0 Å². The highest BCUT2D eigenvalue weighted by Gasteiger charge is 2.37. The molecule has 148 valence electrons. The predicted octanol–water partition coefficient (Wildman–Crippen LogP) is 3.46. The summed E-state index contributed by atoms with van der Waals surface area (Å²) < 4.78 is 64.4. The fraction of sp³-hybridized carbons (Fsp3) is 0.375. The van der Waals surface area contributed by atoms with E-state index in [-0.39, 0.29) is 21.4 Å². The minimum absolute atomic E-state index is 0.0356. The van der Waals surface area contributed by atoms with E-state index in [2.05, 4.69) is 15.9 Å². The number of nitrogens with zero attached hydrogens (tertiary/aromatic N) is 1. The number of ether oxygens (including phenoxy) is 2. The lowest BCUT2D eigenvalue weighted by atomic mass is 10.3. The van der Waals surface area contributed by atoms with Gasteiger partial charge in [-0.3, -0.25) is 0 Å². The molecule has 2 aromatic rings. The summed E-state index contributed by atoms with van der Waals surface area (Å²) in [5.74, 6) is 0.722. The predicted molar refractivity (Wildman–Crippen MR) is 105 cm³/mol. The van der Waals surface area contributed by atoms with Crippen LogP contribution in [-0.2, 0) is 20.0 Å². The highest BCUT2D eigenvalue weighted by atomic mass is 79.9. The zero-order valence-electron chi connectivity index (χ0n) is 14.4. The lowest BCUT2D eigenvalue weighted by molar-refractivity contribution is 0.171. The maximum absolute atomic E-state index is 13.2. The number of unbranched alkanes of at least 4 members (excludes halogenated alkanes) is 1. The van der Waals surface area contributed by atoms with Gasteiger partial charge in [0.25, 0.3) is 20.0 Å². The van der Waals surface area contributed by atoms with Crippen molar-refractivity contribution in [1.29, 1.82) is 0 Å². The Kier molecular flexibility index (Phi) is 6.16. The van der Waals surface area contributed by atoms with Crippen molar-refractivity contribution in [2.24, 2.45) is 0 Å². The van der Waals surface area contributed by atoms with Crippen molar-refractivity contribution in [3.63, 3.8) is 0 Å². The van der Waals surface area contributed by atoms with Gasteiger partial charge in [0.15, 0.2) is 11.5 Å². The topological polar surface area (TPSA) is 90.0 Å². The zero-order valence-corrected chi connectivity index (χ0v) is 18.5. The van der Waals surface area contributed by atoms with Gasteiger partial charge in [0, 0.05) is 12.6 Å². The molecular formula is C16H18BrNO6S3. The van der Waals surface area contributed by atoms with Gasteiger partial charge in [0.2, 0.25) is 0 Å². The number of rotatable bonds is 7. The van der Waals surface area contributed by atoms with Crippen LogP contribution in [0.3, 0.4) is 0 Å². The van der Waals surface area contributed by atoms with Crippen molar-refractivity contribution in [2.75, 3.05) is 19.8 Å². The molecule has 0 N–H and O–H groups in total. The SMILES string of the molecule is CCCCN(S(=O)(=O)c1ccc2c(c1)OCCO2)S(=O)(=O)c1ccc(Br)s1. The van der Waals surface area contributed by atoms with Crippen LogP contribution in [0.15, 0.2) is 43.2 Å². The Balaban J connectivity index is 2.06. The van der Waals surface area contributed by atoms with Gasteiger partial charge < -0.3 is 9.47 Å². The first-order valence-electron chi connectivity index (χ1n) is 8.19. The van der Waals surface area contributed by atoms with Gasteiger partial charge in [-0.25, -0.2) is 16.8 Å². The Morgan fingerprint density at radius 2 is 1.74 bits per heavy atom. The quantitative estimate of drug-likeness (QED) is 0.583. The fourth-order valence-electron chi connectivity index (χ4n) is 2.50. The van der Waals surface area contributed by atoms with E-state index in [1.807, 2.05) is 6.92 Å². The molecule has 1 aliphatic heterocycles. The van der Waals surface area contributed by atoms with E-state index in [1.54, 1.807) is 6.07 Å². The van der Waals surface area contributed by atoms with Crippen LogP contribution < -0.4 is 9.47 Å². The minimum Gasteiger partial charge on any atom is -0.486 e. The summed E-state index contributed by atoms with van der Waals surface area (Å²) in [5.41, 5.74) is 0. The highest BCUT2D eigenvalue weighted by Crippen LogP contribution is 2.36. The standard InChI is InChI=1S/C16H18BrNO6S3/c1-2-3-8-18(27(21,22)16-7-6-15(17)25-16)26(19,20)12-4-5-13-14(11-12)24-10-9-23-13/h4-7,11H,2-3,8-10H2,1H3. The Bertz CT molecular complexity index is 1030. The summed E-state index contributed by atoms with van der Waals surface area (Å²) >= 11 is 4.19. The van der Waals surface area contributed by atoms with Gasteiger partial charge in [-0.2, -0.15) is 0 Å². The van der Waals surface area contributed by atoms with Crippen LogP contribution in [0, 0.1) is 0 Å². The van der Waals surface area contributed by atoms with Gasteiger partial charge in [-0.15, -0.1) is 11.3 Å². The fourth-order valence-corrected chi connectivity index (χ4v) is 8.48. The number of benzene rings is 1.